The summed E-state index contributed by atoms with van der Waals surface area (Å²) in [5, 5.41) is 5.98. The number of carbonyl (C=O) groups is 1. The second-order valence-corrected chi connectivity index (χ2v) is 4.43. The van der Waals surface area contributed by atoms with Gasteiger partial charge in [-0.2, -0.15) is 0 Å². The molecular formula is C15H18N4O. The van der Waals surface area contributed by atoms with Crippen molar-refractivity contribution in [3.05, 3.63) is 47.9 Å². The third-order valence-electron chi connectivity index (χ3n) is 2.79. The zero-order valence-corrected chi connectivity index (χ0v) is 11.7. The molecule has 20 heavy (non-hydrogen) atoms. The third kappa shape index (κ3) is 3.54. The van der Waals surface area contributed by atoms with Gasteiger partial charge in [-0.15, -0.1) is 0 Å². The quantitative estimate of drug-likeness (QED) is 0.876. The molecule has 0 fully saturated rings. The van der Waals surface area contributed by atoms with Gasteiger partial charge in [0.2, 0.25) is 0 Å². The summed E-state index contributed by atoms with van der Waals surface area (Å²) < 4.78 is 0. The van der Waals surface area contributed by atoms with E-state index in [1.807, 2.05) is 25.1 Å². The van der Waals surface area contributed by atoms with Gasteiger partial charge in [-0.05, 0) is 37.6 Å². The van der Waals surface area contributed by atoms with Gasteiger partial charge in [0.05, 0.1) is 11.4 Å². The molecule has 104 valence electrons. The third-order valence-corrected chi connectivity index (χ3v) is 2.79. The van der Waals surface area contributed by atoms with E-state index < -0.39 is 0 Å². The van der Waals surface area contributed by atoms with Crippen LogP contribution < -0.4 is 10.6 Å². The summed E-state index contributed by atoms with van der Waals surface area (Å²) in [5.41, 5.74) is 1.86. The lowest BCUT2D eigenvalue weighted by atomic mass is 10.3. The fourth-order valence-corrected chi connectivity index (χ4v) is 1.72. The second kappa shape index (κ2) is 6.65. The van der Waals surface area contributed by atoms with Crippen molar-refractivity contribution in [2.75, 3.05) is 17.2 Å². The van der Waals surface area contributed by atoms with Crippen molar-refractivity contribution >= 4 is 17.4 Å². The highest BCUT2D eigenvalue weighted by atomic mass is 16.1. The molecule has 0 atom stereocenters. The van der Waals surface area contributed by atoms with Crippen molar-refractivity contribution in [3.8, 4) is 0 Å². The molecule has 5 nitrogen and oxygen atoms in total. The number of anilines is 2. The maximum Gasteiger partial charge on any atom is 0.274 e. The fraction of sp³-hybridized carbons (Fsp3) is 0.267. The van der Waals surface area contributed by atoms with Crippen molar-refractivity contribution in [3.63, 3.8) is 0 Å². The SMILES string of the molecule is CCCNc1cccc(C(=O)Nc2cccnc2C)n1. The maximum absolute atomic E-state index is 12.2. The Hall–Kier alpha value is -2.43. The molecule has 0 spiro atoms. The van der Waals surface area contributed by atoms with Crippen molar-refractivity contribution in [1.82, 2.24) is 9.97 Å². The average Bonchev–Trinajstić information content (AvgIpc) is 2.48. The van der Waals surface area contributed by atoms with Crippen LogP contribution in [0.5, 0.6) is 0 Å². The highest BCUT2D eigenvalue weighted by Gasteiger charge is 2.09. The number of aromatic nitrogens is 2. The Balaban J connectivity index is 2.11. The summed E-state index contributed by atoms with van der Waals surface area (Å²) in [5.74, 6) is 0.476. The molecule has 0 aliphatic heterocycles. The Morgan fingerprint density at radius 1 is 1.25 bits per heavy atom. The topological polar surface area (TPSA) is 66.9 Å². The minimum atomic E-state index is -0.235. The minimum absolute atomic E-state index is 0.235. The number of nitrogens with zero attached hydrogens (tertiary/aromatic N) is 2. The van der Waals surface area contributed by atoms with Crippen LogP contribution >= 0.6 is 0 Å². The maximum atomic E-state index is 12.2. The molecule has 2 aromatic heterocycles. The van der Waals surface area contributed by atoms with E-state index in [0.29, 0.717) is 17.2 Å². The molecule has 0 saturated carbocycles. The molecule has 1 amide bonds. The minimum Gasteiger partial charge on any atom is -0.370 e. The first-order chi connectivity index (χ1) is 9.70. The molecule has 2 aromatic rings. The fourth-order valence-electron chi connectivity index (χ4n) is 1.72. The van der Waals surface area contributed by atoms with Gasteiger partial charge < -0.3 is 10.6 Å². The first-order valence-corrected chi connectivity index (χ1v) is 6.64. The molecular weight excluding hydrogens is 252 g/mol. The van der Waals surface area contributed by atoms with Crippen LogP contribution in [0.3, 0.4) is 0 Å². The number of amides is 1. The van der Waals surface area contributed by atoms with E-state index in [1.165, 1.54) is 0 Å². The molecule has 2 heterocycles. The van der Waals surface area contributed by atoms with Crippen LogP contribution in [-0.4, -0.2) is 22.4 Å². The Morgan fingerprint density at radius 3 is 2.85 bits per heavy atom. The highest BCUT2D eigenvalue weighted by Crippen LogP contribution is 2.12. The zero-order chi connectivity index (χ0) is 14.4. The van der Waals surface area contributed by atoms with E-state index in [2.05, 4.69) is 27.5 Å². The van der Waals surface area contributed by atoms with E-state index in [1.54, 1.807) is 18.3 Å². The van der Waals surface area contributed by atoms with E-state index in [-0.39, 0.29) is 5.91 Å². The Labute approximate surface area is 118 Å². The molecule has 2 rings (SSSR count). The zero-order valence-electron chi connectivity index (χ0n) is 11.7. The van der Waals surface area contributed by atoms with Crippen LogP contribution in [0.2, 0.25) is 0 Å². The van der Waals surface area contributed by atoms with Crippen molar-refractivity contribution in [2.45, 2.75) is 20.3 Å². The lowest BCUT2D eigenvalue weighted by molar-refractivity contribution is 0.102. The summed E-state index contributed by atoms with van der Waals surface area (Å²) in [7, 11) is 0. The van der Waals surface area contributed by atoms with Crippen LogP contribution in [0.25, 0.3) is 0 Å². The van der Waals surface area contributed by atoms with Gasteiger partial charge in [-0.1, -0.05) is 13.0 Å². The standard InChI is InChI=1S/C15H18N4O/c1-3-9-17-14-8-4-6-13(18-14)15(20)19-12-7-5-10-16-11(12)2/h4-8,10H,3,9H2,1-2H3,(H,17,18)(H,19,20). The van der Waals surface area contributed by atoms with Crippen LogP contribution in [0, 0.1) is 6.92 Å². The molecule has 2 N–H and O–H groups in total. The van der Waals surface area contributed by atoms with Crippen molar-refractivity contribution in [1.29, 1.82) is 0 Å². The van der Waals surface area contributed by atoms with Crippen LogP contribution in [-0.2, 0) is 0 Å². The highest BCUT2D eigenvalue weighted by molar-refractivity contribution is 6.03. The monoisotopic (exact) mass is 270 g/mol. The number of aryl methyl sites for hydroxylation is 1. The summed E-state index contributed by atoms with van der Waals surface area (Å²) in [6, 6.07) is 8.96. The second-order valence-electron chi connectivity index (χ2n) is 4.43. The van der Waals surface area contributed by atoms with E-state index >= 15 is 0 Å². The molecule has 0 bridgehead atoms. The molecule has 0 saturated heterocycles. The number of pyridine rings is 2. The smallest absolute Gasteiger partial charge is 0.274 e. The lowest BCUT2D eigenvalue weighted by Crippen LogP contribution is -2.15. The summed E-state index contributed by atoms with van der Waals surface area (Å²) >= 11 is 0. The normalized spacial score (nSPS) is 10.1. The lowest BCUT2D eigenvalue weighted by Gasteiger charge is -2.08. The molecule has 0 aromatic carbocycles. The number of nitrogens with one attached hydrogen (secondary N) is 2. The predicted octanol–water partition coefficient (Wildman–Crippen LogP) is 2.86. The predicted molar refractivity (Wildman–Crippen MR) is 79.9 cm³/mol. The molecule has 0 unspecified atom stereocenters. The van der Waals surface area contributed by atoms with Crippen molar-refractivity contribution < 1.29 is 4.79 Å². The number of hydrogen-bond donors (Lipinski definition) is 2. The Kier molecular flexibility index (Phi) is 4.65. The van der Waals surface area contributed by atoms with Crippen LogP contribution in [0.4, 0.5) is 11.5 Å². The summed E-state index contributed by atoms with van der Waals surface area (Å²) in [6.07, 6.45) is 2.70. The first kappa shape index (κ1) is 14.0. The van der Waals surface area contributed by atoms with Gasteiger partial charge in [0.25, 0.3) is 5.91 Å². The molecule has 0 aliphatic carbocycles. The van der Waals surface area contributed by atoms with Gasteiger partial charge >= 0.3 is 0 Å². The van der Waals surface area contributed by atoms with E-state index in [0.717, 1.165) is 18.7 Å². The van der Waals surface area contributed by atoms with E-state index in [4.69, 9.17) is 0 Å². The van der Waals surface area contributed by atoms with Gasteiger partial charge in [0, 0.05) is 12.7 Å². The summed E-state index contributed by atoms with van der Waals surface area (Å²) in [6.45, 7) is 4.76. The molecule has 0 aliphatic rings. The van der Waals surface area contributed by atoms with Gasteiger partial charge in [-0.25, -0.2) is 4.98 Å². The number of carbonyl (C=O) groups excluding carboxylic acids is 1. The van der Waals surface area contributed by atoms with Gasteiger partial charge in [-0.3, -0.25) is 9.78 Å². The molecule has 0 radical (unpaired) electrons. The van der Waals surface area contributed by atoms with Crippen LogP contribution in [0.1, 0.15) is 29.5 Å². The van der Waals surface area contributed by atoms with Gasteiger partial charge in [0.1, 0.15) is 11.5 Å². The summed E-state index contributed by atoms with van der Waals surface area (Å²) in [4.78, 5) is 20.6. The largest absolute Gasteiger partial charge is 0.370 e. The number of rotatable bonds is 5. The van der Waals surface area contributed by atoms with Gasteiger partial charge in [0.15, 0.2) is 0 Å². The number of hydrogen-bond acceptors (Lipinski definition) is 4. The van der Waals surface area contributed by atoms with Crippen molar-refractivity contribution in [2.24, 2.45) is 0 Å². The Bertz CT molecular complexity index is 598. The van der Waals surface area contributed by atoms with E-state index in [9.17, 15) is 4.79 Å². The van der Waals surface area contributed by atoms with Crippen LogP contribution in [0.15, 0.2) is 36.5 Å². The average molecular weight is 270 g/mol. The Morgan fingerprint density at radius 2 is 2.10 bits per heavy atom. The molecule has 5 heteroatoms. The first-order valence-electron chi connectivity index (χ1n) is 6.64.